The van der Waals surface area contributed by atoms with E-state index in [1.165, 1.54) is 29.2 Å². The lowest BCUT2D eigenvalue weighted by Gasteiger charge is -2.24. The molecule has 1 unspecified atom stereocenters. The summed E-state index contributed by atoms with van der Waals surface area (Å²) in [6.07, 6.45) is 0. The SMILES string of the molecule is O=C(C1=C(O)C(=O)N(c2nc3ccc(Cl)cc3s2)C1c1cccc([N+](=O)[O-])c1)c1cc2ccccc2o1. The number of nitrogens with zero attached hydrogens (tertiary/aromatic N) is 3. The Hall–Kier alpha value is -4.54. The van der Waals surface area contributed by atoms with Crippen LogP contribution in [-0.4, -0.2) is 26.7 Å². The molecule has 5 aromatic rings. The van der Waals surface area contributed by atoms with Crippen molar-refractivity contribution in [3.8, 4) is 0 Å². The number of Topliss-reactive ketones (excluding diaryl/α,β-unsaturated/α-hetero) is 1. The number of benzene rings is 3. The minimum Gasteiger partial charge on any atom is -0.503 e. The molecule has 0 saturated carbocycles. The Morgan fingerprint density at radius 1 is 1.11 bits per heavy atom. The van der Waals surface area contributed by atoms with Crippen LogP contribution in [0.25, 0.3) is 21.2 Å². The molecule has 0 aliphatic carbocycles. The van der Waals surface area contributed by atoms with E-state index in [0.717, 1.165) is 11.3 Å². The van der Waals surface area contributed by atoms with Crippen LogP contribution in [0.5, 0.6) is 0 Å². The van der Waals surface area contributed by atoms with E-state index >= 15 is 0 Å². The number of ketones is 1. The summed E-state index contributed by atoms with van der Waals surface area (Å²) in [4.78, 5) is 43.7. The second-order valence-corrected chi connectivity index (χ2v) is 9.72. The fraction of sp³-hybridized carbons (Fsp3) is 0.0385. The zero-order valence-electron chi connectivity index (χ0n) is 18.6. The molecule has 0 spiro atoms. The molecule has 37 heavy (non-hydrogen) atoms. The third-order valence-corrected chi connectivity index (χ3v) is 7.30. The Kier molecular flexibility index (Phi) is 5.28. The largest absolute Gasteiger partial charge is 0.503 e. The maximum Gasteiger partial charge on any atom is 0.296 e. The standard InChI is InChI=1S/C26H14ClN3O6S/c27-15-8-9-17-20(12-15)37-26(28-17)29-22(14-5-3-6-16(10-14)30(34)35)21(24(32)25(29)33)23(31)19-11-13-4-1-2-7-18(13)36-19/h1-12,22,32H. The number of aliphatic hydroxyl groups excluding tert-OH is 1. The first kappa shape index (κ1) is 22.9. The van der Waals surface area contributed by atoms with Crippen molar-refractivity contribution >= 4 is 66.6 Å². The summed E-state index contributed by atoms with van der Waals surface area (Å²) in [5, 5.41) is 23.8. The first-order valence-corrected chi connectivity index (χ1v) is 12.1. The number of carbonyl (C=O) groups excluding carboxylic acids is 2. The van der Waals surface area contributed by atoms with Crippen LogP contribution < -0.4 is 4.90 Å². The Bertz CT molecular complexity index is 1770. The molecule has 1 atom stereocenters. The van der Waals surface area contributed by atoms with Gasteiger partial charge >= 0.3 is 0 Å². The maximum atomic E-state index is 13.7. The van der Waals surface area contributed by atoms with E-state index in [1.807, 2.05) is 0 Å². The summed E-state index contributed by atoms with van der Waals surface area (Å²) in [5.74, 6) is -2.44. The number of aliphatic hydroxyl groups is 1. The van der Waals surface area contributed by atoms with Gasteiger partial charge in [-0.3, -0.25) is 24.6 Å². The number of hydrogen-bond acceptors (Lipinski definition) is 8. The van der Waals surface area contributed by atoms with Gasteiger partial charge in [0.15, 0.2) is 16.7 Å². The smallest absolute Gasteiger partial charge is 0.296 e. The number of para-hydroxylation sites is 1. The van der Waals surface area contributed by atoms with Crippen LogP contribution in [0.1, 0.15) is 22.2 Å². The lowest BCUT2D eigenvalue weighted by Crippen LogP contribution is -2.31. The molecule has 0 fully saturated rings. The lowest BCUT2D eigenvalue weighted by molar-refractivity contribution is -0.384. The fourth-order valence-electron chi connectivity index (χ4n) is 4.37. The third kappa shape index (κ3) is 3.74. The number of amides is 1. The second kappa shape index (κ2) is 8.54. The molecule has 1 aliphatic rings. The van der Waals surface area contributed by atoms with Gasteiger partial charge in [-0.05, 0) is 35.9 Å². The number of hydrogen-bond donors (Lipinski definition) is 1. The van der Waals surface area contributed by atoms with Crippen molar-refractivity contribution in [1.82, 2.24) is 4.98 Å². The van der Waals surface area contributed by atoms with Crippen molar-refractivity contribution in [3.05, 3.63) is 111 Å². The number of nitro groups is 1. The molecule has 11 heteroatoms. The van der Waals surface area contributed by atoms with Crippen molar-refractivity contribution in [1.29, 1.82) is 0 Å². The van der Waals surface area contributed by atoms with Crippen molar-refractivity contribution in [2.24, 2.45) is 0 Å². The lowest BCUT2D eigenvalue weighted by atomic mass is 9.95. The number of furan rings is 1. The maximum absolute atomic E-state index is 13.7. The number of thiazole rings is 1. The number of aromatic nitrogens is 1. The van der Waals surface area contributed by atoms with E-state index in [0.29, 0.717) is 26.2 Å². The molecule has 2 aromatic heterocycles. The molecule has 0 saturated heterocycles. The minimum atomic E-state index is -1.19. The molecule has 182 valence electrons. The first-order chi connectivity index (χ1) is 17.8. The quantitative estimate of drug-likeness (QED) is 0.158. The van der Waals surface area contributed by atoms with Crippen LogP contribution in [0.4, 0.5) is 10.8 Å². The van der Waals surface area contributed by atoms with E-state index in [4.69, 9.17) is 16.0 Å². The van der Waals surface area contributed by atoms with Crippen molar-refractivity contribution in [3.63, 3.8) is 0 Å². The number of fused-ring (bicyclic) bond motifs is 2. The zero-order valence-corrected chi connectivity index (χ0v) is 20.2. The van der Waals surface area contributed by atoms with E-state index in [2.05, 4.69) is 4.98 Å². The van der Waals surface area contributed by atoms with Crippen LogP contribution >= 0.6 is 22.9 Å². The van der Waals surface area contributed by atoms with E-state index in [1.54, 1.807) is 48.5 Å². The normalized spacial score (nSPS) is 15.8. The van der Waals surface area contributed by atoms with Crippen molar-refractivity contribution in [2.45, 2.75) is 6.04 Å². The van der Waals surface area contributed by atoms with Gasteiger partial charge in [-0.15, -0.1) is 0 Å². The summed E-state index contributed by atoms with van der Waals surface area (Å²) in [7, 11) is 0. The van der Waals surface area contributed by atoms with Crippen LogP contribution in [-0.2, 0) is 4.79 Å². The first-order valence-electron chi connectivity index (χ1n) is 10.9. The number of nitro benzene ring substituents is 1. The van der Waals surface area contributed by atoms with Gasteiger partial charge in [0.25, 0.3) is 11.6 Å². The van der Waals surface area contributed by atoms with Crippen molar-refractivity contribution in [2.75, 3.05) is 4.90 Å². The Balaban J connectivity index is 1.53. The van der Waals surface area contributed by atoms with Crippen LogP contribution in [0.15, 0.2) is 88.5 Å². The molecule has 6 rings (SSSR count). The van der Waals surface area contributed by atoms with Gasteiger partial charge in [0.1, 0.15) is 5.58 Å². The monoisotopic (exact) mass is 531 g/mol. The fourth-order valence-corrected chi connectivity index (χ4v) is 5.64. The highest BCUT2D eigenvalue weighted by atomic mass is 35.5. The molecule has 0 radical (unpaired) electrons. The number of non-ortho nitro benzene ring substituents is 1. The molecule has 0 bridgehead atoms. The molecule has 1 amide bonds. The predicted octanol–water partition coefficient (Wildman–Crippen LogP) is 6.39. The summed E-state index contributed by atoms with van der Waals surface area (Å²) in [6, 6.07) is 17.9. The van der Waals surface area contributed by atoms with Gasteiger partial charge in [0, 0.05) is 22.5 Å². The average Bonchev–Trinajstić information content (AvgIpc) is 3.57. The van der Waals surface area contributed by atoms with E-state index in [-0.39, 0.29) is 27.7 Å². The number of carbonyl (C=O) groups is 2. The van der Waals surface area contributed by atoms with Crippen molar-refractivity contribution < 1.29 is 24.0 Å². The highest BCUT2D eigenvalue weighted by molar-refractivity contribution is 7.22. The topological polar surface area (TPSA) is 127 Å². The Labute approximate surface area is 217 Å². The van der Waals surface area contributed by atoms with E-state index < -0.39 is 28.4 Å². The molecule has 1 N–H and O–H groups in total. The van der Waals surface area contributed by atoms with Crippen LogP contribution in [0.3, 0.4) is 0 Å². The molecule has 3 heterocycles. The Morgan fingerprint density at radius 2 is 1.92 bits per heavy atom. The van der Waals surface area contributed by atoms with Gasteiger partial charge in [0.05, 0.1) is 26.8 Å². The number of rotatable bonds is 5. The Morgan fingerprint density at radius 3 is 2.70 bits per heavy atom. The summed E-state index contributed by atoms with van der Waals surface area (Å²) in [5.41, 5.74) is 0.779. The summed E-state index contributed by atoms with van der Waals surface area (Å²) in [6.45, 7) is 0. The third-order valence-electron chi connectivity index (χ3n) is 6.04. The zero-order chi connectivity index (χ0) is 25.8. The summed E-state index contributed by atoms with van der Waals surface area (Å²) >= 11 is 7.25. The molecule has 1 aliphatic heterocycles. The second-order valence-electron chi connectivity index (χ2n) is 8.28. The highest BCUT2D eigenvalue weighted by Crippen LogP contribution is 2.45. The minimum absolute atomic E-state index is 0.0797. The number of anilines is 1. The molecule has 9 nitrogen and oxygen atoms in total. The van der Waals surface area contributed by atoms with Gasteiger partial charge in [-0.1, -0.05) is 53.3 Å². The van der Waals surface area contributed by atoms with E-state index in [9.17, 15) is 24.8 Å². The van der Waals surface area contributed by atoms with Crippen LogP contribution in [0.2, 0.25) is 5.02 Å². The van der Waals surface area contributed by atoms with Gasteiger partial charge < -0.3 is 9.52 Å². The number of halogens is 1. The molecule has 3 aromatic carbocycles. The van der Waals surface area contributed by atoms with Gasteiger partial charge in [-0.25, -0.2) is 4.98 Å². The molecular formula is C26H14ClN3O6S. The predicted molar refractivity (Wildman–Crippen MR) is 138 cm³/mol. The summed E-state index contributed by atoms with van der Waals surface area (Å²) < 4.78 is 6.40. The van der Waals surface area contributed by atoms with Gasteiger partial charge in [-0.2, -0.15) is 0 Å². The molecular weight excluding hydrogens is 518 g/mol. The average molecular weight is 532 g/mol. The van der Waals surface area contributed by atoms with Crippen LogP contribution in [0, 0.1) is 10.1 Å². The highest BCUT2D eigenvalue weighted by Gasteiger charge is 2.47. The van der Waals surface area contributed by atoms with Gasteiger partial charge in [0.2, 0.25) is 5.78 Å².